The normalized spacial score (nSPS) is 13.8. The fraction of sp³-hybridized carbons (Fsp3) is 0.611. The van der Waals surface area contributed by atoms with Crippen molar-refractivity contribution in [1.29, 1.82) is 0 Å². The number of nitrogens with one attached hydrogen (secondary N) is 1. The highest BCUT2D eigenvalue weighted by Crippen LogP contribution is 2.35. The Hall–Kier alpha value is -2.66. The molecule has 1 aliphatic heterocycles. The molecule has 1 aliphatic rings. The van der Waals surface area contributed by atoms with Crippen molar-refractivity contribution in [3.8, 4) is 0 Å². The van der Waals surface area contributed by atoms with Gasteiger partial charge in [0.15, 0.2) is 0 Å². The lowest BCUT2D eigenvalue weighted by Gasteiger charge is -2.33. The molecule has 0 saturated carbocycles. The van der Waals surface area contributed by atoms with Crippen LogP contribution in [0.1, 0.15) is 121 Å². The number of unbranched alkanes of at least 4 members (excludes halogenated alkanes) is 12. The zero-order valence-corrected chi connectivity index (χ0v) is 25.6. The lowest BCUT2D eigenvalue weighted by Crippen LogP contribution is -2.50. The maximum atomic E-state index is 14.0. The van der Waals surface area contributed by atoms with Crippen LogP contribution in [-0.2, 0) is 19.9 Å². The zero-order chi connectivity index (χ0) is 29.0. The first kappa shape index (κ1) is 32.8. The predicted molar refractivity (Wildman–Crippen MR) is 169 cm³/mol. The highest BCUT2D eigenvalue weighted by molar-refractivity contribution is 5.92. The van der Waals surface area contributed by atoms with Crippen molar-refractivity contribution in [2.24, 2.45) is 0 Å². The molecule has 0 unspecified atom stereocenters. The Morgan fingerprint density at radius 3 is 1.66 bits per heavy atom. The van der Waals surface area contributed by atoms with E-state index in [1.54, 1.807) is 0 Å². The van der Waals surface area contributed by atoms with E-state index in [1.807, 2.05) is 60.7 Å². The maximum Gasteiger partial charge on any atom is 0.307 e. The maximum absolute atomic E-state index is 14.0. The van der Waals surface area contributed by atoms with Gasteiger partial charge in [-0.3, -0.25) is 9.59 Å². The van der Waals surface area contributed by atoms with Gasteiger partial charge in [-0.25, -0.2) is 0 Å². The number of carbonyl (C=O) groups is 2. The summed E-state index contributed by atoms with van der Waals surface area (Å²) in [5.41, 5.74) is -0.173. The molecule has 5 nitrogen and oxygen atoms in total. The lowest BCUT2D eigenvalue weighted by molar-refractivity contribution is -0.165. The van der Waals surface area contributed by atoms with Gasteiger partial charge in [0.25, 0.3) is 5.91 Å². The number of likely N-dealkylation sites (tertiary alicyclic amines) is 1. The van der Waals surface area contributed by atoms with Crippen molar-refractivity contribution in [2.75, 3.05) is 26.2 Å². The fourth-order valence-electron chi connectivity index (χ4n) is 5.91. The molecule has 0 spiro atoms. The smallest absolute Gasteiger partial charge is 0.307 e. The van der Waals surface area contributed by atoms with Gasteiger partial charge in [0.05, 0.1) is 0 Å². The van der Waals surface area contributed by atoms with Crippen LogP contribution in [0.4, 0.5) is 0 Å². The molecule has 1 amide bonds. The van der Waals surface area contributed by atoms with Crippen molar-refractivity contribution in [1.82, 2.24) is 10.2 Å². The van der Waals surface area contributed by atoms with E-state index in [4.69, 9.17) is 4.74 Å². The van der Waals surface area contributed by atoms with Crippen LogP contribution >= 0.6 is 0 Å². The van der Waals surface area contributed by atoms with Gasteiger partial charge in [-0.1, -0.05) is 145 Å². The molecule has 41 heavy (non-hydrogen) atoms. The van der Waals surface area contributed by atoms with E-state index in [9.17, 15) is 9.59 Å². The van der Waals surface area contributed by atoms with Gasteiger partial charge in [0, 0.05) is 30.6 Å². The molecule has 0 aliphatic carbocycles. The van der Waals surface area contributed by atoms with Gasteiger partial charge >= 0.3 is 5.97 Å². The molecule has 2 aromatic carbocycles. The van der Waals surface area contributed by atoms with E-state index in [1.165, 1.54) is 77.0 Å². The molecule has 226 valence electrons. The Kier molecular flexibility index (Phi) is 15.6. The summed E-state index contributed by atoms with van der Waals surface area (Å²) in [5, 5.41) is 3.11. The summed E-state index contributed by atoms with van der Waals surface area (Å²) in [5.74, 6) is -0.608. The number of nitrogens with zero attached hydrogens (tertiary/aromatic N) is 1. The predicted octanol–water partition coefficient (Wildman–Crippen LogP) is 8.17. The minimum Gasteiger partial charge on any atom is -0.439 e. The minimum atomic E-state index is -1.51. The lowest BCUT2D eigenvalue weighted by atomic mass is 9.85. The molecule has 2 aromatic rings. The van der Waals surface area contributed by atoms with E-state index < -0.39 is 5.60 Å². The van der Waals surface area contributed by atoms with Crippen LogP contribution < -0.4 is 5.32 Å². The number of rotatable bonds is 21. The molecule has 0 bridgehead atoms. The summed E-state index contributed by atoms with van der Waals surface area (Å²) in [6, 6.07) is 18.9. The molecule has 0 atom stereocenters. The second-order valence-corrected chi connectivity index (χ2v) is 11.7. The number of esters is 1. The van der Waals surface area contributed by atoms with Gasteiger partial charge in [-0.05, 0) is 32.4 Å². The summed E-state index contributed by atoms with van der Waals surface area (Å²) in [6.07, 6.45) is 19.1. The third-order valence-electron chi connectivity index (χ3n) is 8.34. The third kappa shape index (κ3) is 11.3. The number of hydrogen-bond donors (Lipinski definition) is 1. The molecular weight excluding hydrogens is 508 g/mol. The largest absolute Gasteiger partial charge is 0.439 e. The topological polar surface area (TPSA) is 58.6 Å². The molecule has 0 radical (unpaired) electrons. The van der Waals surface area contributed by atoms with Gasteiger partial charge in [0.2, 0.25) is 5.60 Å². The summed E-state index contributed by atoms with van der Waals surface area (Å²) >= 11 is 0. The van der Waals surface area contributed by atoms with Crippen LogP contribution in [0.15, 0.2) is 60.7 Å². The Bertz CT molecular complexity index is 933. The molecule has 1 N–H and O–H groups in total. The Morgan fingerprint density at radius 1 is 0.707 bits per heavy atom. The van der Waals surface area contributed by atoms with Gasteiger partial charge in [0.1, 0.15) is 0 Å². The van der Waals surface area contributed by atoms with Crippen molar-refractivity contribution in [3.05, 3.63) is 71.8 Å². The summed E-state index contributed by atoms with van der Waals surface area (Å²) < 4.78 is 6.24. The first-order chi connectivity index (χ1) is 20.2. The number of amides is 1. The second kappa shape index (κ2) is 19.5. The molecular formula is C36H54N2O3. The van der Waals surface area contributed by atoms with E-state index in [2.05, 4.69) is 17.1 Å². The fourth-order valence-corrected chi connectivity index (χ4v) is 5.91. The summed E-state index contributed by atoms with van der Waals surface area (Å²) in [6.45, 7) is 5.75. The molecule has 1 saturated heterocycles. The number of carbonyl (C=O) groups excluding carboxylic acids is 2. The molecule has 1 heterocycles. The van der Waals surface area contributed by atoms with Crippen LogP contribution in [0.25, 0.3) is 0 Å². The average molecular weight is 563 g/mol. The van der Waals surface area contributed by atoms with Crippen molar-refractivity contribution < 1.29 is 14.3 Å². The van der Waals surface area contributed by atoms with Crippen LogP contribution in [0.3, 0.4) is 0 Å². The van der Waals surface area contributed by atoms with E-state index in [0.717, 1.165) is 38.9 Å². The van der Waals surface area contributed by atoms with E-state index in [0.29, 0.717) is 24.1 Å². The Morgan fingerprint density at radius 2 is 1.17 bits per heavy atom. The Balaban J connectivity index is 1.51. The number of ether oxygens (including phenoxy) is 1. The van der Waals surface area contributed by atoms with Gasteiger partial charge in [-0.2, -0.15) is 0 Å². The van der Waals surface area contributed by atoms with Crippen LogP contribution in [0.5, 0.6) is 0 Å². The second-order valence-electron chi connectivity index (χ2n) is 11.7. The van der Waals surface area contributed by atoms with Crippen molar-refractivity contribution in [3.63, 3.8) is 0 Å². The quantitative estimate of drug-likeness (QED) is 0.123. The molecule has 3 rings (SSSR count). The molecule has 5 heteroatoms. The zero-order valence-electron chi connectivity index (χ0n) is 25.6. The highest BCUT2D eigenvalue weighted by Gasteiger charge is 2.46. The standard InChI is InChI=1S/C36H54N2O3/c1-2-3-4-5-6-7-8-9-10-11-12-13-20-27-34(39)41-36(32-23-16-14-17-24-32,33-25-18-15-19-26-33)35(40)37-28-31-38-29-21-22-30-38/h14-19,23-26H,2-13,20-22,27-31H2,1H3,(H,37,40). The first-order valence-electron chi connectivity index (χ1n) is 16.5. The highest BCUT2D eigenvalue weighted by atomic mass is 16.6. The van der Waals surface area contributed by atoms with Gasteiger partial charge < -0.3 is 15.0 Å². The monoisotopic (exact) mass is 562 g/mol. The van der Waals surface area contributed by atoms with E-state index >= 15 is 0 Å². The average Bonchev–Trinajstić information content (AvgIpc) is 3.53. The SMILES string of the molecule is CCCCCCCCCCCCCCCC(=O)OC(C(=O)NCCN1CCCC1)(c1ccccc1)c1ccccc1. The van der Waals surface area contributed by atoms with Crippen LogP contribution in [0.2, 0.25) is 0 Å². The number of hydrogen-bond acceptors (Lipinski definition) is 4. The Labute approximate surface area is 249 Å². The van der Waals surface area contributed by atoms with Crippen molar-refractivity contribution in [2.45, 2.75) is 115 Å². The number of benzene rings is 2. The first-order valence-corrected chi connectivity index (χ1v) is 16.5. The van der Waals surface area contributed by atoms with Gasteiger partial charge in [-0.15, -0.1) is 0 Å². The van der Waals surface area contributed by atoms with Crippen LogP contribution in [-0.4, -0.2) is 43.0 Å². The summed E-state index contributed by atoms with van der Waals surface area (Å²) in [4.78, 5) is 29.6. The molecule has 0 aromatic heterocycles. The van der Waals surface area contributed by atoms with Crippen LogP contribution in [0, 0.1) is 0 Å². The molecule has 1 fully saturated rings. The van der Waals surface area contributed by atoms with E-state index in [-0.39, 0.29) is 11.9 Å². The van der Waals surface area contributed by atoms with Crippen molar-refractivity contribution >= 4 is 11.9 Å². The minimum absolute atomic E-state index is 0.284. The summed E-state index contributed by atoms with van der Waals surface area (Å²) in [7, 11) is 0. The third-order valence-corrected chi connectivity index (χ3v) is 8.34.